The molecular formula is C12H11BrFN3O2. The summed E-state index contributed by atoms with van der Waals surface area (Å²) in [4.78, 5) is 23.1. The van der Waals surface area contributed by atoms with Crippen LogP contribution in [0.1, 0.15) is 12.8 Å². The summed E-state index contributed by atoms with van der Waals surface area (Å²) in [6.07, 6.45) is 0.485. The lowest BCUT2D eigenvalue weighted by atomic mass is 10.1. The fraction of sp³-hybridized carbons (Fsp3) is 0.250. The number of carbonyl (C=O) groups excluding carboxylic acids is 2. The third kappa shape index (κ3) is 3.17. The van der Waals surface area contributed by atoms with E-state index in [4.69, 9.17) is 0 Å². The number of hydrogen-bond acceptors (Lipinski definition) is 3. The summed E-state index contributed by atoms with van der Waals surface area (Å²) in [6, 6.07) is 4.33. The third-order valence-electron chi connectivity index (χ3n) is 2.65. The molecule has 0 bridgehead atoms. The summed E-state index contributed by atoms with van der Waals surface area (Å²) < 4.78 is 14.2. The van der Waals surface area contributed by atoms with Gasteiger partial charge in [-0.1, -0.05) is 15.9 Å². The lowest BCUT2D eigenvalue weighted by Crippen LogP contribution is -2.34. The molecule has 2 amide bonds. The van der Waals surface area contributed by atoms with Gasteiger partial charge in [0.05, 0.1) is 5.69 Å². The smallest absolute Gasteiger partial charge is 0.271 e. The summed E-state index contributed by atoms with van der Waals surface area (Å²) in [5.74, 6) is -1.18. The molecule has 0 saturated carbocycles. The molecule has 0 aliphatic carbocycles. The summed E-state index contributed by atoms with van der Waals surface area (Å²) in [7, 11) is 1.48. The van der Waals surface area contributed by atoms with Gasteiger partial charge in [0.2, 0.25) is 5.91 Å². The zero-order chi connectivity index (χ0) is 14.0. The van der Waals surface area contributed by atoms with Crippen molar-refractivity contribution in [1.29, 1.82) is 0 Å². The van der Waals surface area contributed by atoms with E-state index in [2.05, 4.69) is 26.3 Å². The van der Waals surface area contributed by atoms with E-state index in [0.717, 1.165) is 5.01 Å². The van der Waals surface area contributed by atoms with Crippen LogP contribution in [0, 0.1) is 5.82 Å². The largest absolute Gasteiger partial charge is 0.318 e. The van der Waals surface area contributed by atoms with Crippen LogP contribution in [0.5, 0.6) is 0 Å². The standard InChI is InChI=1S/C12H11BrFN3O2/c1-17-11(18)5-4-10(16-17)12(19)15-9-3-2-7(13)6-8(9)14/h2-3,6H,4-5H2,1H3,(H,15,19). The van der Waals surface area contributed by atoms with Gasteiger partial charge in [0.25, 0.3) is 5.91 Å². The number of hydrogen-bond donors (Lipinski definition) is 1. The first-order valence-corrected chi connectivity index (χ1v) is 6.37. The van der Waals surface area contributed by atoms with Crippen LogP contribution in [-0.4, -0.2) is 29.6 Å². The number of amides is 2. The van der Waals surface area contributed by atoms with Crippen molar-refractivity contribution in [3.63, 3.8) is 0 Å². The lowest BCUT2D eigenvalue weighted by molar-refractivity contribution is -0.130. The Hall–Kier alpha value is -1.76. The molecule has 1 aliphatic rings. The molecule has 7 heteroatoms. The molecule has 19 heavy (non-hydrogen) atoms. The number of benzene rings is 1. The molecule has 0 saturated heterocycles. The van der Waals surface area contributed by atoms with Crippen LogP contribution in [0.4, 0.5) is 10.1 Å². The zero-order valence-electron chi connectivity index (χ0n) is 10.1. The minimum absolute atomic E-state index is 0.0791. The van der Waals surface area contributed by atoms with Crippen LogP contribution in [0.2, 0.25) is 0 Å². The highest BCUT2D eigenvalue weighted by molar-refractivity contribution is 9.10. The molecule has 0 spiro atoms. The summed E-state index contributed by atoms with van der Waals surface area (Å²) in [5, 5.41) is 7.42. The molecule has 1 aromatic carbocycles. The van der Waals surface area contributed by atoms with Crippen LogP contribution in [-0.2, 0) is 9.59 Å². The molecule has 2 rings (SSSR count). The SMILES string of the molecule is CN1N=C(C(=O)Nc2ccc(Br)cc2F)CCC1=O. The molecule has 0 unspecified atom stereocenters. The van der Waals surface area contributed by atoms with Gasteiger partial charge in [-0.15, -0.1) is 0 Å². The lowest BCUT2D eigenvalue weighted by Gasteiger charge is -2.19. The van der Waals surface area contributed by atoms with Crippen molar-refractivity contribution >= 4 is 39.1 Å². The Morgan fingerprint density at radius 2 is 2.21 bits per heavy atom. The van der Waals surface area contributed by atoms with E-state index in [1.165, 1.54) is 19.2 Å². The van der Waals surface area contributed by atoms with E-state index >= 15 is 0 Å². The van der Waals surface area contributed by atoms with Gasteiger partial charge in [0.1, 0.15) is 11.5 Å². The van der Waals surface area contributed by atoms with Gasteiger partial charge in [0, 0.05) is 24.4 Å². The average Bonchev–Trinajstić information content (AvgIpc) is 2.36. The second-order valence-electron chi connectivity index (χ2n) is 4.04. The van der Waals surface area contributed by atoms with Crippen LogP contribution < -0.4 is 5.32 Å². The van der Waals surface area contributed by atoms with E-state index < -0.39 is 11.7 Å². The van der Waals surface area contributed by atoms with Crippen molar-refractivity contribution in [1.82, 2.24) is 5.01 Å². The first-order valence-electron chi connectivity index (χ1n) is 5.58. The maximum Gasteiger partial charge on any atom is 0.271 e. The van der Waals surface area contributed by atoms with Crippen LogP contribution in [0.25, 0.3) is 0 Å². The number of anilines is 1. The number of carbonyl (C=O) groups is 2. The molecule has 1 heterocycles. The van der Waals surface area contributed by atoms with E-state index in [0.29, 0.717) is 4.47 Å². The van der Waals surface area contributed by atoms with Gasteiger partial charge in [-0.05, 0) is 18.2 Å². The number of hydrazone groups is 1. The second kappa shape index (κ2) is 5.48. The Morgan fingerprint density at radius 1 is 1.47 bits per heavy atom. The van der Waals surface area contributed by atoms with Gasteiger partial charge in [-0.3, -0.25) is 9.59 Å². The molecule has 5 nitrogen and oxygen atoms in total. The van der Waals surface area contributed by atoms with Crippen molar-refractivity contribution in [3.8, 4) is 0 Å². The van der Waals surface area contributed by atoms with Crippen LogP contribution in [0.3, 0.4) is 0 Å². The normalized spacial score (nSPS) is 15.2. The van der Waals surface area contributed by atoms with Crippen LogP contribution in [0.15, 0.2) is 27.8 Å². The number of nitrogens with one attached hydrogen (secondary N) is 1. The Kier molecular flexibility index (Phi) is 3.94. The van der Waals surface area contributed by atoms with E-state index in [1.54, 1.807) is 6.07 Å². The molecule has 0 fully saturated rings. The van der Waals surface area contributed by atoms with Crippen molar-refractivity contribution in [2.24, 2.45) is 5.10 Å². The number of nitrogens with zero attached hydrogens (tertiary/aromatic N) is 2. The van der Waals surface area contributed by atoms with Crippen molar-refractivity contribution in [2.75, 3.05) is 12.4 Å². The topological polar surface area (TPSA) is 61.8 Å². The molecule has 0 atom stereocenters. The molecule has 1 aromatic rings. The van der Waals surface area contributed by atoms with E-state index in [-0.39, 0.29) is 30.1 Å². The molecule has 0 aromatic heterocycles. The van der Waals surface area contributed by atoms with E-state index in [9.17, 15) is 14.0 Å². The van der Waals surface area contributed by atoms with Gasteiger partial charge >= 0.3 is 0 Å². The maximum absolute atomic E-state index is 13.6. The molecule has 1 aliphatic heterocycles. The molecule has 1 N–H and O–H groups in total. The van der Waals surface area contributed by atoms with E-state index in [1.807, 2.05) is 0 Å². The molecule has 0 radical (unpaired) electrons. The fourth-order valence-corrected chi connectivity index (χ4v) is 1.95. The Morgan fingerprint density at radius 3 is 2.84 bits per heavy atom. The summed E-state index contributed by atoms with van der Waals surface area (Å²) in [6.45, 7) is 0. The first-order chi connectivity index (χ1) is 8.97. The quantitative estimate of drug-likeness (QED) is 0.904. The Balaban J connectivity index is 2.13. The number of rotatable bonds is 2. The monoisotopic (exact) mass is 327 g/mol. The van der Waals surface area contributed by atoms with Gasteiger partial charge < -0.3 is 5.32 Å². The van der Waals surface area contributed by atoms with Crippen molar-refractivity contribution in [2.45, 2.75) is 12.8 Å². The Labute approximate surface area is 117 Å². The molecular weight excluding hydrogens is 317 g/mol. The van der Waals surface area contributed by atoms with Gasteiger partial charge in [-0.25, -0.2) is 9.40 Å². The predicted octanol–water partition coefficient (Wildman–Crippen LogP) is 2.13. The van der Waals surface area contributed by atoms with Crippen molar-refractivity contribution < 1.29 is 14.0 Å². The maximum atomic E-state index is 13.6. The highest BCUT2D eigenvalue weighted by Gasteiger charge is 2.22. The Bertz CT molecular complexity index is 574. The van der Waals surface area contributed by atoms with Crippen molar-refractivity contribution in [3.05, 3.63) is 28.5 Å². The summed E-state index contributed by atoms with van der Waals surface area (Å²) in [5.41, 5.74) is 0.292. The molecule has 100 valence electrons. The van der Waals surface area contributed by atoms with Gasteiger partial charge in [0.15, 0.2) is 0 Å². The average molecular weight is 328 g/mol. The van der Waals surface area contributed by atoms with Gasteiger partial charge in [-0.2, -0.15) is 5.10 Å². The predicted molar refractivity (Wildman–Crippen MR) is 72.2 cm³/mol. The highest BCUT2D eigenvalue weighted by atomic mass is 79.9. The summed E-state index contributed by atoms with van der Waals surface area (Å²) >= 11 is 3.13. The fourth-order valence-electron chi connectivity index (χ4n) is 1.62. The minimum atomic E-state index is -0.538. The third-order valence-corrected chi connectivity index (χ3v) is 3.14. The minimum Gasteiger partial charge on any atom is -0.318 e. The van der Waals surface area contributed by atoms with Crippen LogP contribution >= 0.6 is 15.9 Å². The first kappa shape index (κ1) is 13.7. The second-order valence-corrected chi connectivity index (χ2v) is 4.96. The number of halogens is 2. The highest BCUT2D eigenvalue weighted by Crippen LogP contribution is 2.19. The zero-order valence-corrected chi connectivity index (χ0v) is 11.7.